The molecule has 0 saturated carbocycles. The van der Waals surface area contributed by atoms with Gasteiger partial charge in [-0.05, 0) is 42.7 Å². The zero-order valence-electron chi connectivity index (χ0n) is 22.0. The second kappa shape index (κ2) is 11.2. The number of hydrogen-bond donors (Lipinski definition) is 0. The predicted octanol–water partition coefficient (Wildman–Crippen LogP) is 5.75. The maximum absolute atomic E-state index is 14.0. The van der Waals surface area contributed by atoms with Crippen molar-refractivity contribution in [3.63, 3.8) is 0 Å². The number of halogens is 6. The predicted molar refractivity (Wildman–Crippen MR) is 137 cm³/mol. The minimum Gasteiger partial charge on any atom is -0.477 e. The number of nitrogens with zero attached hydrogens (tertiary/aromatic N) is 4. The molecule has 1 amide bonds. The van der Waals surface area contributed by atoms with Gasteiger partial charge in [-0.3, -0.25) is 4.79 Å². The lowest BCUT2D eigenvalue weighted by Gasteiger charge is -2.30. The van der Waals surface area contributed by atoms with Gasteiger partial charge in [0.15, 0.2) is 0 Å². The topological polar surface area (TPSA) is 67.8 Å². The molecule has 5 rings (SSSR count). The summed E-state index contributed by atoms with van der Waals surface area (Å²) in [6, 6.07) is 8.56. The number of amides is 1. The first-order valence-corrected chi connectivity index (χ1v) is 12.9. The Morgan fingerprint density at radius 1 is 0.878 bits per heavy atom. The lowest BCUT2D eigenvalue weighted by molar-refractivity contribution is -0.143. The van der Waals surface area contributed by atoms with Crippen LogP contribution in [0.4, 0.5) is 32.3 Å². The largest absolute Gasteiger partial charge is 0.477 e. The van der Waals surface area contributed by atoms with E-state index >= 15 is 0 Å². The molecule has 0 spiro atoms. The molecule has 3 aromatic rings. The van der Waals surface area contributed by atoms with Gasteiger partial charge in [0.25, 0.3) is 5.91 Å². The number of carbonyl (C=O) groups is 1. The molecule has 0 bridgehead atoms. The van der Waals surface area contributed by atoms with E-state index in [4.69, 9.17) is 14.5 Å². The average Bonchev–Trinajstić information content (AvgIpc) is 2.92. The van der Waals surface area contributed by atoms with E-state index in [2.05, 4.69) is 4.98 Å². The van der Waals surface area contributed by atoms with Gasteiger partial charge in [-0.15, -0.1) is 0 Å². The van der Waals surface area contributed by atoms with Gasteiger partial charge in [0.2, 0.25) is 11.8 Å². The van der Waals surface area contributed by atoms with Crippen molar-refractivity contribution in [3.05, 3.63) is 70.3 Å². The summed E-state index contributed by atoms with van der Waals surface area (Å²) in [6.07, 6.45) is -9.72. The second-order valence-electron chi connectivity index (χ2n) is 9.81. The van der Waals surface area contributed by atoms with Crippen molar-refractivity contribution in [2.75, 3.05) is 44.4 Å². The molecule has 2 aromatic carbocycles. The van der Waals surface area contributed by atoms with Crippen molar-refractivity contribution in [1.29, 1.82) is 0 Å². The molecule has 1 aromatic heterocycles. The number of morpholine rings is 1. The highest BCUT2D eigenvalue weighted by Crippen LogP contribution is 2.38. The Morgan fingerprint density at radius 3 is 2.17 bits per heavy atom. The highest BCUT2D eigenvalue weighted by atomic mass is 19.4. The van der Waals surface area contributed by atoms with Crippen molar-refractivity contribution in [3.8, 4) is 17.1 Å². The maximum atomic E-state index is 14.0. The standard InChI is InChI=1S/C28H26F6N4O3/c1-17-5-2-3-6-21(17)23-22-24(36-26(35-23)37-8-11-40-12-9-37)41-10-4-7-38(25(22)39)16-18-13-19(27(29,30)31)15-20(14-18)28(32,33)34/h2-3,5-6,13-15H,4,7-12,16H2,1H3. The van der Waals surface area contributed by atoms with Crippen molar-refractivity contribution in [1.82, 2.24) is 14.9 Å². The van der Waals surface area contributed by atoms with Crippen LogP contribution in [-0.2, 0) is 23.6 Å². The molecule has 7 nitrogen and oxygen atoms in total. The molecule has 0 radical (unpaired) electrons. The van der Waals surface area contributed by atoms with Crippen LogP contribution in [0.25, 0.3) is 11.3 Å². The zero-order chi connectivity index (χ0) is 29.4. The molecule has 3 heterocycles. The summed E-state index contributed by atoms with van der Waals surface area (Å²) in [5.41, 5.74) is -1.49. The molecule has 0 unspecified atom stereocenters. The molecular weight excluding hydrogens is 554 g/mol. The number of aromatic nitrogens is 2. The Labute approximate surface area is 231 Å². The van der Waals surface area contributed by atoms with Crippen LogP contribution in [0, 0.1) is 6.92 Å². The van der Waals surface area contributed by atoms with Crippen molar-refractivity contribution >= 4 is 11.9 Å². The molecule has 0 atom stereocenters. The van der Waals surface area contributed by atoms with Crippen molar-refractivity contribution < 1.29 is 40.6 Å². The Hall–Kier alpha value is -3.87. The van der Waals surface area contributed by atoms with Crippen LogP contribution in [0.15, 0.2) is 42.5 Å². The zero-order valence-corrected chi connectivity index (χ0v) is 22.0. The smallest absolute Gasteiger partial charge is 0.416 e. The fourth-order valence-corrected chi connectivity index (χ4v) is 4.83. The van der Waals surface area contributed by atoms with Crippen LogP contribution >= 0.6 is 0 Å². The summed E-state index contributed by atoms with van der Waals surface area (Å²) in [6.45, 7) is 3.48. The monoisotopic (exact) mass is 580 g/mol. The minimum atomic E-state index is -5.00. The number of aryl methyl sites for hydroxylation is 1. The third-order valence-electron chi connectivity index (χ3n) is 6.89. The SMILES string of the molecule is Cc1ccccc1-c1nc(N2CCOCC2)nc2c1C(=O)N(Cc1cc(C(F)(F)F)cc(C(F)(F)F)c1)CCCO2. The number of benzene rings is 2. The van der Waals surface area contributed by atoms with Gasteiger partial charge in [0.05, 0.1) is 36.6 Å². The highest BCUT2D eigenvalue weighted by Gasteiger charge is 2.38. The summed E-state index contributed by atoms with van der Waals surface area (Å²) in [4.78, 5) is 26.4. The Kier molecular flexibility index (Phi) is 7.82. The minimum absolute atomic E-state index is 0.000898. The number of anilines is 1. The number of hydrogen-bond acceptors (Lipinski definition) is 6. The molecule has 13 heteroatoms. The summed E-state index contributed by atoms with van der Waals surface area (Å²) in [7, 11) is 0. The van der Waals surface area contributed by atoms with Gasteiger partial charge in [0.1, 0.15) is 5.56 Å². The van der Waals surface area contributed by atoms with Gasteiger partial charge in [-0.1, -0.05) is 24.3 Å². The Balaban J connectivity index is 1.60. The van der Waals surface area contributed by atoms with Gasteiger partial charge >= 0.3 is 12.4 Å². The van der Waals surface area contributed by atoms with E-state index in [0.29, 0.717) is 49.9 Å². The summed E-state index contributed by atoms with van der Waals surface area (Å²) in [5.74, 6) is -0.315. The van der Waals surface area contributed by atoms with Crippen LogP contribution in [0.3, 0.4) is 0 Å². The van der Waals surface area contributed by atoms with E-state index in [1.807, 2.05) is 24.0 Å². The lowest BCUT2D eigenvalue weighted by atomic mass is 10.00. The number of rotatable bonds is 4. The van der Waals surface area contributed by atoms with E-state index in [0.717, 1.165) is 5.56 Å². The maximum Gasteiger partial charge on any atom is 0.416 e. The van der Waals surface area contributed by atoms with Crippen LogP contribution in [0.2, 0.25) is 0 Å². The molecule has 41 heavy (non-hydrogen) atoms. The molecule has 1 saturated heterocycles. The Bertz CT molecular complexity index is 1410. The fraction of sp³-hybridized carbons (Fsp3) is 0.393. The number of alkyl halides is 6. The van der Waals surface area contributed by atoms with Crippen LogP contribution in [0.1, 0.15) is 39.0 Å². The molecule has 1 fully saturated rings. The van der Waals surface area contributed by atoms with Crippen LogP contribution in [0.5, 0.6) is 5.88 Å². The molecule has 218 valence electrons. The number of ether oxygens (including phenoxy) is 2. The molecule has 0 aliphatic carbocycles. The first kappa shape index (κ1) is 28.7. The Morgan fingerprint density at radius 2 is 1.54 bits per heavy atom. The fourth-order valence-electron chi connectivity index (χ4n) is 4.83. The summed E-state index contributed by atoms with van der Waals surface area (Å²) >= 11 is 0. The lowest BCUT2D eigenvalue weighted by Crippen LogP contribution is -2.38. The van der Waals surface area contributed by atoms with Gasteiger partial charge in [0, 0.05) is 31.7 Å². The van der Waals surface area contributed by atoms with E-state index < -0.39 is 35.9 Å². The molecular formula is C28H26F6N4O3. The van der Waals surface area contributed by atoms with E-state index in [1.165, 1.54) is 4.90 Å². The van der Waals surface area contributed by atoms with Gasteiger partial charge in [-0.2, -0.15) is 31.3 Å². The van der Waals surface area contributed by atoms with Crippen LogP contribution in [-0.4, -0.2) is 60.2 Å². The van der Waals surface area contributed by atoms with Crippen molar-refractivity contribution in [2.24, 2.45) is 0 Å². The molecule has 2 aliphatic heterocycles. The molecule has 0 N–H and O–H groups in total. The normalized spacial score (nSPS) is 16.6. The third kappa shape index (κ3) is 6.24. The van der Waals surface area contributed by atoms with E-state index in [1.54, 1.807) is 12.1 Å². The average molecular weight is 581 g/mol. The first-order valence-electron chi connectivity index (χ1n) is 12.9. The summed E-state index contributed by atoms with van der Waals surface area (Å²) in [5, 5.41) is 0. The van der Waals surface area contributed by atoms with Crippen LogP contribution < -0.4 is 9.64 Å². The molecule has 2 aliphatic rings. The first-order chi connectivity index (χ1) is 19.4. The number of fused-ring (bicyclic) bond motifs is 1. The second-order valence-corrected chi connectivity index (χ2v) is 9.81. The number of carbonyl (C=O) groups excluding carboxylic acids is 1. The highest BCUT2D eigenvalue weighted by molar-refractivity contribution is 6.02. The third-order valence-corrected chi connectivity index (χ3v) is 6.89. The van der Waals surface area contributed by atoms with Crippen molar-refractivity contribution in [2.45, 2.75) is 32.2 Å². The van der Waals surface area contributed by atoms with E-state index in [9.17, 15) is 31.1 Å². The van der Waals surface area contributed by atoms with Gasteiger partial charge in [-0.25, -0.2) is 4.98 Å². The summed E-state index contributed by atoms with van der Waals surface area (Å²) < 4.78 is 92.2. The quantitative estimate of drug-likeness (QED) is 0.366. The van der Waals surface area contributed by atoms with Gasteiger partial charge < -0.3 is 19.3 Å². The van der Waals surface area contributed by atoms with E-state index in [-0.39, 0.29) is 48.3 Å².